The molecule has 0 aliphatic carbocycles. The van der Waals surface area contributed by atoms with Crippen LogP contribution >= 0.6 is 0 Å². The molecule has 2 amide bonds. The number of hydrogen-bond donors (Lipinski definition) is 2. The molecule has 7 nitrogen and oxygen atoms in total. The number of fused-ring (bicyclic) bond motifs is 1. The first-order valence-electron chi connectivity index (χ1n) is 8.86. The third kappa shape index (κ3) is 4.31. The number of benzene rings is 2. The lowest BCUT2D eigenvalue weighted by atomic mass is 10.1. The van der Waals surface area contributed by atoms with Gasteiger partial charge in [-0.05, 0) is 31.2 Å². The van der Waals surface area contributed by atoms with Crippen molar-refractivity contribution in [3.8, 4) is 11.5 Å². The van der Waals surface area contributed by atoms with Crippen LogP contribution in [0.5, 0.6) is 11.5 Å². The first kappa shape index (κ1) is 18.6. The molecule has 7 heteroatoms. The lowest BCUT2D eigenvalue weighted by Gasteiger charge is -2.35. The molecule has 3 rings (SSSR count). The van der Waals surface area contributed by atoms with E-state index in [0.29, 0.717) is 23.8 Å². The summed E-state index contributed by atoms with van der Waals surface area (Å²) < 4.78 is 11.3. The number of hydrogen-bond acceptors (Lipinski definition) is 5. The first-order valence-corrected chi connectivity index (χ1v) is 8.86. The predicted molar refractivity (Wildman–Crippen MR) is 103 cm³/mol. The molecule has 1 atom stereocenters. The quantitative estimate of drug-likeness (QED) is 0.815. The molecule has 27 heavy (non-hydrogen) atoms. The average Bonchev–Trinajstić information content (AvgIpc) is 2.69. The van der Waals surface area contributed by atoms with E-state index in [0.717, 1.165) is 5.69 Å². The molecule has 0 bridgehead atoms. The second-order valence-corrected chi connectivity index (χ2v) is 6.05. The highest BCUT2D eigenvalue weighted by molar-refractivity contribution is 5.96. The van der Waals surface area contributed by atoms with E-state index in [-0.39, 0.29) is 24.9 Å². The van der Waals surface area contributed by atoms with Crippen LogP contribution in [-0.4, -0.2) is 44.7 Å². The summed E-state index contributed by atoms with van der Waals surface area (Å²) in [5.74, 6) is 0.782. The smallest absolute Gasteiger partial charge is 0.262 e. The van der Waals surface area contributed by atoms with Gasteiger partial charge in [0.05, 0.1) is 31.1 Å². The number of rotatable bonds is 6. The molecule has 2 N–H and O–H groups in total. The van der Waals surface area contributed by atoms with Crippen molar-refractivity contribution in [2.24, 2.45) is 0 Å². The predicted octanol–water partition coefficient (Wildman–Crippen LogP) is 2.04. The highest BCUT2D eigenvalue weighted by Crippen LogP contribution is 2.33. The van der Waals surface area contributed by atoms with Crippen LogP contribution < -0.4 is 25.0 Å². The van der Waals surface area contributed by atoms with E-state index in [1.807, 2.05) is 48.2 Å². The number of carbonyl (C=O) groups excluding carboxylic acids is 2. The number of anilines is 2. The molecule has 1 aliphatic heterocycles. The Balaban J connectivity index is 1.76. The second kappa shape index (κ2) is 8.44. The van der Waals surface area contributed by atoms with Crippen molar-refractivity contribution in [1.82, 2.24) is 5.32 Å². The molecule has 0 spiro atoms. The Kier molecular flexibility index (Phi) is 5.80. The number of amides is 2. The topological polar surface area (TPSA) is 79.9 Å². The van der Waals surface area contributed by atoms with Gasteiger partial charge in [-0.15, -0.1) is 0 Å². The molecular weight excluding hydrogens is 346 g/mol. The van der Waals surface area contributed by atoms with E-state index < -0.39 is 6.10 Å². The van der Waals surface area contributed by atoms with Crippen molar-refractivity contribution < 1.29 is 19.1 Å². The zero-order valence-electron chi connectivity index (χ0n) is 15.4. The molecule has 1 aliphatic rings. The number of ether oxygens (including phenoxy) is 2. The van der Waals surface area contributed by atoms with Crippen LogP contribution in [0.15, 0.2) is 48.5 Å². The van der Waals surface area contributed by atoms with Crippen LogP contribution in [0.4, 0.5) is 11.4 Å². The SMILES string of the molecule is CCOc1ccccc1NC(=O)CN1C[C@H](C(=O)NC)Oc2ccccc21. The van der Waals surface area contributed by atoms with Gasteiger partial charge in [0.15, 0.2) is 6.10 Å². The molecule has 2 aromatic carbocycles. The fourth-order valence-corrected chi connectivity index (χ4v) is 2.97. The van der Waals surface area contributed by atoms with E-state index in [2.05, 4.69) is 10.6 Å². The van der Waals surface area contributed by atoms with E-state index >= 15 is 0 Å². The first-order chi connectivity index (χ1) is 13.1. The highest BCUT2D eigenvalue weighted by atomic mass is 16.5. The fraction of sp³-hybridized carbons (Fsp3) is 0.300. The van der Waals surface area contributed by atoms with E-state index in [9.17, 15) is 9.59 Å². The van der Waals surface area contributed by atoms with Gasteiger partial charge in [0.2, 0.25) is 5.91 Å². The van der Waals surface area contributed by atoms with Crippen LogP contribution in [0.25, 0.3) is 0 Å². The van der Waals surface area contributed by atoms with Crippen molar-refractivity contribution in [1.29, 1.82) is 0 Å². The summed E-state index contributed by atoms with van der Waals surface area (Å²) in [4.78, 5) is 26.5. The minimum absolute atomic E-state index is 0.0916. The molecule has 0 aromatic heterocycles. The summed E-state index contributed by atoms with van der Waals surface area (Å²) in [5.41, 5.74) is 1.40. The van der Waals surface area contributed by atoms with Gasteiger partial charge in [-0.3, -0.25) is 9.59 Å². The second-order valence-electron chi connectivity index (χ2n) is 6.05. The molecule has 0 unspecified atom stereocenters. The molecule has 0 fully saturated rings. The van der Waals surface area contributed by atoms with Gasteiger partial charge >= 0.3 is 0 Å². The van der Waals surface area contributed by atoms with Gasteiger partial charge in [0, 0.05) is 7.05 Å². The maximum atomic E-state index is 12.6. The molecular formula is C20H23N3O4. The Morgan fingerprint density at radius 1 is 1.19 bits per heavy atom. The van der Waals surface area contributed by atoms with Crippen molar-refractivity contribution in [3.63, 3.8) is 0 Å². The molecule has 2 aromatic rings. The summed E-state index contributed by atoms with van der Waals surface area (Å²) >= 11 is 0. The summed E-state index contributed by atoms with van der Waals surface area (Å²) in [6, 6.07) is 14.7. The Labute approximate surface area is 158 Å². The Morgan fingerprint density at radius 3 is 2.70 bits per heavy atom. The summed E-state index contributed by atoms with van der Waals surface area (Å²) in [6.07, 6.45) is -0.673. The van der Waals surface area contributed by atoms with Crippen molar-refractivity contribution in [3.05, 3.63) is 48.5 Å². The average molecular weight is 369 g/mol. The molecule has 1 heterocycles. The number of likely N-dealkylation sites (N-methyl/N-ethyl adjacent to an activating group) is 1. The summed E-state index contributed by atoms with van der Waals surface area (Å²) in [6.45, 7) is 2.78. The van der Waals surface area contributed by atoms with Gasteiger partial charge in [0.25, 0.3) is 5.91 Å². The van der Waals surface area contributed by atoms with Crippen LogP contribution in [0, 0.1) is 0 Å². The van der Waals surface area contributed by atoms with Gasteiger partial charge in [0.1, 0.15) is 11.5 Å². The Hall–Kier alpha value is -3.22. The molecule has 142 valence electrons. The van der Waals surface area contributed by atoms with Gasteiger partial charge in [-0.1, -0.05) is 24.3 Å². The lowest BCUT2D eigenvalue weighted by molar-refractivity contribution is -0.127. The van der Waals surface area contributed by atoms with Gasteiger partial charge in [-0.2, -0.15) is 0 Å². The van der Waals surface area contributed by atoms with Gasteiger partial charge < -0.3 is 25.0 Å². The summed E-state index contributed by atoms with van der Waals surface area (Å²) in [7, 11) is 1.56. The van der Waals surface area contributed by atoms with Crippen LogP contribution in [0.2, 0.25) is 0 Å². The van der Waals surface area contributed by atoms with Crippen LogP contribution in [0.1, 0.15) is 6.92 Å². The van der Waals surface area contributed by atoms with Gasteiger partial charge in [-0.25, -0.2) is 0 Å². The van der Waals surface area contributed by atoms with E-state index in [1.54, 1.807) is 19.2 Å². The van der Waals surface area contributed by atoms with Crippen molar-refractivity contribution in [2.75, 3.05) is 37.0 Å². The Morgan fingerprint density at radius 2 is 1.93 bits per heavy atom. The normalized spacial score (nSPS) is 15.3. The Bertz CT molecular complexity index is 824. The number of nitrogens with one attached hydrogen (secondary N) is 2. The van der Waals surface area contributed by atoms with Crippen molar-refractivity contribution >= 4 is 23.2 Å². The molecule has 0 radical (unpaired) electrons. The fourth-order valence-electron chi connectivity index (χ4n) is 2.97. The third-order valence-corrected chi connectivity index (χ3v) is 4.20. The maximum absolute atomic E-state index is 12.6. The van der Waals surface area contributed by atoms with Crippen LogP contribution in [0.3, 0.4) is 0 Å². The maximum Gasteiger partial charge on any atom is 0.262 e. The molecule has 0 saturated heterocycles. The zero-order chi connectivity index (χ0) is 19.2. The number of para-hydroxylation sites is 4. The molecule has 0 saturated carbocycles. The van der Waals surface area contributed by atoms with Crippen molar-refractivity contribution in [2.45, 2.75) is 13.0 Å². The largest absolute Gasteiger partial charge is 0.492 e. The highest BCUT2D eigenvalue weighted by Gasteiger charge is 2.31. The number of carbonyl (C=O) groups is 2. The third-order valence-electron chi connectivity index (χ3n) is 4.20. The lowest BCUT2D eigenvalue weighted by Crippen LogP contribution is -2.50. The monoisotopic (exact) mass is 369 g/mol. The standard InChI is InChI=1S/C20H23N3O4/c1-3-26-16-10-6-4-8-14(16)22-19(24)13-23-12-18(20(25)21-2)27-17-11-7-5-9-15(17)23/h4-11,18H,3,12-13H2,1-2H3,(H,21,25)(H,22,24)/t18-/m1/s1. The zero-order valence-corrected chi connectivity index (χ0v) is 15.4. The van der Waals surface area contributed by atoms with Crippen LogP contribution in [-0.2, 0) is 9.59 Å². The minimum atomic E-state index is -0.673. The summed E-state index contributed by atoms with van der Waals surface area (Å²) in [5, 5.41) is 5.48. The van der Waals surface area contributed by atoms with E-state index in [4.69, 9.17) is 9.47 Å². The minimum Gasteiger partial charge on any atom is -0.492 e. The van der Waals surface area contributed by atoms with E-state index in [1.165, 1.54) is 0 Å². The number of nitrogens with zero attached hydrogens (tertiary/aromatic N) is 1.